The van der Waals surface area contributed by atoms with Gasteiger partial charge in [0.2, 0.25) is 0 Å². The number of aryl methyl sites for hydroxylation is 1. The van der Waals surface area contributed by atoms with Crippen LogP contribution in [0.5, 0.6) is 5.75 Å². The maximum absolute atomic E-state index is 14.7. The third kappa shape index (κ3) is 4.11. The second-order valence-corrected chi connectivity index (χ2v) is 8.70. The summed E-state index contributed by atoms with van der Waals surface area (Å²) in [4.78, 5) is 23.4. The summed E-state index contributed by atoms with van der Waals surface area (Å²) in [5, 5.41) is 13.3. The van der Waals surface area contributed by atoms with E-state index < -0.39 is 11.4 Å². The number of pyridine rings is 1. The van der Waals surface area contributed by atoms with E-state index in [1.165, 1.54) is 29.9 Å². The molecule has 0 bridgehead atoms. The zero-order chi connectivity index (χ0) is 25.4. The molecule has 2 unspecified atom stereocenters. The number of aromatic nitrogens is 3. The minimum absolute atomic E-state index is 0.0506. The van der Waals surface area contributed by atoms with Crippen LogP contribution >= 0.6 is 0 Å². The van der Waals surface area contributed by atoms with Gasteiger partial charge in [-0.15, -0.1) is 0 Å². The van der Waals surface area contributed by atoms with E-state index in [2.05, 4.69) is 16.4 Å². The van der Waals surface area contributed by atoms with Crippen LogP contribution < -0.4 is 15.6 Å². The second-order valence-electron chi connectivity index (χ2n) is 8.70. The molecule has 1 N–H and O–H groups in total. The number of nitrogens with one attached hydrogen (secondary N) is 1. The van der Waals surface area contributed by atoms with Gasteiger partial charge >= 0.3 is 0 Å². The molecule has 8 nitrogen and oxygen atoms in total. The standard InChI is InChI=1S/C27H24FN5O3/c1-15-4-5-17(13-30-15)20-8-16(12-29)9-21-25(20)32-26(23-11-19(35-2)14-31-23)33(27(21)34)18-6-7-24(36-3)22(28)10-18/h4-10,13,19,23,31H,11,14H2,1-3H3. The van der Waals surface area contributed by atoms with E-state index >= 15 is 0 Å². The van der Waals surface area contributed by atoms with Crippen molar-refractivity contribution in [2.75, 3.05) is 20.8 Å². The summed E-state index contributed by atoms with van der Waals surface area (Å²) >= 11 is 0. The molecule has 0 amide bonds. The quantitative estimate of drug-likeness (QED) is 0.458. The Kier molecular flexibility index (Phi) is 6.22. The van der Waals surface area contributed by atoms with Gasteiger partial charge in [0.05, 0.1) is 47.5 Å². The highest BCUT2D eigenvalue weighted by atomic mass is 19.1. The van der Waals surface area contributed by atoms with E-state index in [1.807, 2.05) is 19.1 Å². The van der Waals surface area contributed by atoms with E-state index in [0.717, 1.165) is 11.3 Å². The minimum atomic E-state index is -0.598. The predicted molar refractivity (Wildman–Crippen MR) is 133 cm³/mol. The summed E-state index contributed by atoms with van der Waals surface area (Å²) in [5.74, 6) is -0.0941. The van der Waals surface area contributed by atoms with Crippen molar-refractivity contribution < 1.29 is 13.9 Å². The number of hydrogen-bond donors (Lipinski definition) is 1. The van der Waals surface area contributed by atoms with Crippen LogP contribution in [0.25, 0.3) is 27.7 Å². The number of hydrogen-bond acceptors (Lipinski definition) is 7. The summed E-state index contributed by atoms with van der Waals surface area (Å²) in [6.45, 7) is 2.47. The molecular formula is C27H24FN5O3. The van der Waals surface area contributed by atoms with Crippen LogP contribution in [0.3, 0.4) is 0 Å². The van der Waals surface area contributed by atoms with Crippen molar-refractivity contribution in [2.45, 2.75) is 25.5 Å². The lowest BCUT2D eigenvalue weighted by molar-refractivity contribution is 0.117. The van der Waals surface area contributed by atoms with Crippen LogP contribution in [0.15, 0.2) is 53.5 Å². The Morgan fingerprint density at radius 1 is 1.19 bits per heavy atom. The number of halogens is 1. The molecule has 5 rings (SSSR count). The predicted octanol–water partition coefficient (Wildman–Crippen LogP) is 3.82. The lowest BCUT2D eigenvalue weighted by Gasteiger charge is -2.20. The molecule has 3 heterocycles. The number of benzene rings is 2. The van der Waals surface area contributed by atoms with Gasteiger partial charge in [-0.1, -0.05) is 6.07 Å². The molecule has 9 heteroatoms. The molecule has 1 saturated heterocycles. The fourth-order valence-electron chi connectivity index (χ4n) is 4.58. The molecule has 1 aliphatic rings. The number of rotatable bonds is 5. The molecule has 0 saturated carbocycles. The van der Waals surface area contributed by atoms with Crippen molar-refractivity contribution in [1.82, 2.24) is 19.9 Å². The number of fused-ring (bicyclic) bond motifs is 1. The van der Waals surface area contributed by atoms with Gasteiger partial charge in [0.15, 0.2) is 11.6 Å². The average molecular weight is 486 g/mol. The maximum atomic E-state index is 14.7. The SMILES string of the molecule is COc1ccc(-n2c(C3CC(OC)CN3)nc3c(-c4ccc(C)nc4)cc(C#N)cc3c2=O)cc1F. The van der Waals surface area contributed by atoms with Gasteiger partial charge in [0, 0.05) is 42.7 Å². The van der Waals surface area contributed by atoms with Crippen LogP contribution in [0.2, 0.25) is 0 Å². The van der Waals surface area contributed by atoms with Gasteiger partial charge in [0.25, 0.3) is 5.56 Å². The molecule has 2 aromatic heterocycles. The summed E-state index contributed by atoms with van der Waals surface area (Å²) in [6.07, 6.45) is 2.24. The van der Waals surface area contributed by atoms with Crippen molar-refractivity contribution in [3.8, 4) is 28.6 Å². The van der Waals surface area contributed by atoms with E-state index in [4.69, 9.17) is 14.5 Å². The van der Waals surface area contributed by atoms with Crippen LogP contribution in [-0.2, 0) is 4.74 Å². The van der Waals surface area contributed by atoms with Crippen molar-refractivity contribution in [1.29, 1.82) is 5.26 Å². The van der Waals surface area contributed by atoms with E-state index in [-0.39, 0.29) is 23.3 Å². The number of ether oxygens (including phenoxy) is 2. The third-order valence-corrected chi connectivity index (χ3v) is 6.48. The van der Waals surface area contributed by atoms with Gasteiger partial charge in [-0.2, -0.15) is 5.26 Å². The molecule has 182 valence electrons. The molecule has 0 spiro atoms. The Labute approximate surface area is 207 Å². The Hall–Kier alpha value is -4.13. The van der Waals surface area contributed by atoms with E-state index in [0.29, 0.717) is 41.1 Å². The van der Waals surface area contributed by atoms with E-state index in [1.54, 1.807) is 25.4 Å². The molecule has 0 radical (unpaired) electrons. The van der Waals surface area contributed by atoms with Gasteiger partial charge < -0.3 is 14.8 Å². The van der Waals surface area contributed by atoms with Gasteiger partial charge in [-0.05, 0) is 43.7 Å². The number of nitrogens with zero attached hydrogens (tertiary/aromatic N) is 4. The normalized spacial score (nSPS) is 17.3. The molecular weight excluding hydrogens is 461 g/mol. The molecule has 1 aliphatic heterocycles. The highest BCUT2D eigenvalue weighted by molar-refractivity contribution is 5.94. The summed E-state index contributed by atoms with van der Waals surface area (Å²) in [7, 11) is 3.02. The van der Waals surface area contributed by atoms with Crippen LogP contribution in [0.1, 0.15) is 29.5 Å². The fourth-order valence-corrected chi connectivity index (χ4v) is 4.58. The number of methoxy groups -OCH3 is 2. The maximum Gasteiger partial charge on any atom is 0.266 e. The van der Waals surface area contributed by atoms with Gasteiger partial charge in [-0.3, -0.25) is 14.3 Å². The lowest BCUT2D eigenvalue weighted by Crippen LogP contribution is -2.29. The van der Waals surface area contributed by atoms with E-state index in [9.17, 15) is 14.4 Å². The molecule has 2 atom stereocenters. The first-order valence-corrected chi connectivity index (χ1v) is 11.5. The fraction of sp³-hybridized carbons (Fsp3) is 0.259. The summed E-state index contributed by atoms with van der Waals surface area (Å²) in [6, 6.07) is 13.1. The lowest BCUT2D eigenvalue weighted by atomic mass is 10.00. The summed E-state index contributed by atoms with van der Waals surface area (Å²) < 4.78 is 26.7. The van der Waals surface area contributed by atoms with Crippen LogP contribution in [0.4, 0.5) is 4.39 Å². The first-order valence-electron chi connectivity index (χ1n) is 11.5. The largest absolute Gasteiger partial charge is 0.494 e. The Morgan fingerprint density at radius 3 is 2.67 bits per heavy atom. The topological polar surface area (TPSA) is 102 Å². The zero-order valence-corrected chi connectivity index (χ0v) is 20.1. The number of nitriles is 1. The first-order chi connectivity index (χ1) is 17.4. The summed E-state index contributed by atoms with van der Waals surface area (Å²) in [5.41, 5.74) is 2.89. The zero-order valence-electron chi connectivity index (χ0n) is 20.1. The Balaban J connectivity index is 1.83. The Morgan fingerprint density at radius 2 is 2.03 bits per heavy atom. The van der Waals surface area contributed by atoms with Crippen LogP contribution in [0, 0.1) is 24.1 Å². The molecule has 0 aliphatic carbocycles. The van der Waals surface area contributed by atoms with Gasteiger partial charge in [0.1, 0.15) is 5.82 Å². The smallest absolute Gasteiger partial charge is 0.266 e. The highest BCUT2D eigenvalue weighted by Crippen LogP contribution is 2.32. The molecule has 36 heavy (non-hydrogen) atoms. The van der Waals surface area contributed by atoms with Crippen molar-refractivity contribution in [3.63, 3.8) is 0 Å². The average Bonchev–Trinajstić information content (AvgIpc) is 3.38. The molecule has 1 fully saturated rings. The van der Waals surface area contributed by atoms with Crippen molar-refractivity contribution in [2.24, 2.45) is 0 Å². The second kappa shape index (κ2) is 9.49. The minimum Gasteiger partial charge on any atom is -0.494 e. The third-order valence-electron chi connectivity index (χ3n) is 6.48. The highest BCUT2D eigenvalue weighted by Gasteiger charge is 2.30. The molecule has 4 aromatic rings. The van der Waals surface area contributed by atoms with Gasteiger partial charge in [-0.25, -0.2) is 9.37 Å². The van der Waals surface area contributed by atoms with Crippen molar-refractivity contribution >= 4 is 10.9 Å². The van der Waals surface area contributed by atoms with Crippen LogP contribution in [-0.4, -0.2) is 41.4 Å². The molecule has 2 aromatic carbocycles. The monoisotopic (exact) mass is 485 g/mol. The first kappa shape index (κ1) is 23.6. The van der Waals surface area contributed by atoms with Crippen molar-refractivity contribution in [3.05, 3.63) is 81.9 Å². The Bertz CT molecular complexity index is 1560.